The first-order chi connectivity index (χ1) is 9.41. The molecule has 0 N–H and O–H groups in total. The number of nitrogens with zero attached hydrogens (tertiary/aromatic N) is 2. The number of urea groups is 1. The standard InChI is InChI=1S/C15H21N2O2S/c1-12(2)17(13(3)4)15(18)16-20(19)11-10-14-8-6-5-7-9-14/h5-13H,1-4H3/q-1/b11-10+. The van der Waals surface area contributed by atoms with Crippen LogP contribution in [0.5, 0.6) is 0 Å². The van der Waals surface area contributed by atoms with Crippen molar-refractivity contribution in [1.82, 2.24) is 4.90 Å². The smallest absolute Gasteiger partial charge is 0.320 e. The highest BCUT2D eigenvalue weighted by Gasteiger charge is 2.17. The third kappa shape index (κ3) is 5.17. The largest absolute Gasteiger partial charge is 0.440 e. The average Bonchev–Trinajstić information content (AvgIpc) is 2.36. The van der Waals surface area contributed by atoms with Crippen LogP contribution in [0.4, 0.5) is 4.79 Å². The molecule has 0 saturated heterocycles. The van der Waals surface area contributed by atoms with Crippen molar-refractivity contribution in [1.29, 1.82) is 0 Å². The minimum absolute atomic E-state index is 0.0290. The van der Waals surface area contributed by atoms with E-state index < -0.39 is 16.6 Å². The lowest BCUT2D eigenvalue weighted by atomic mass is 10.2. The van der Waals surface area contributed by atoms with Gasteiger partial charge in [0.1, 0.15) is 0 Å². The molecule has 0 bridgehead atoms. The second kappa shape index (κ2) is 7.85. The monoisotopic (exact) mass is 293 g/mol. The Balaban J connectivity index is 2.81. The molecule has 4 nitrogen and oxygen atoms in total. The zero-order valence-corrected chi connectivity index (χ0v) is 13.1. The lowest BCUT2D eigenvalue weighted by Crippen LogP contribution is -2.40. The predicted octanol–water partition coefficient (Wildman–Crippen LogP) is 4.04. The van der Waals surface area contributed by atoms with E-state index in [9.17, 15) is 9.00 Å². The minimum atomic E-state index is -1.65. The second-order valence-corrected chi connectivity index (χ2v) is 5.97. The van der Waals surface area contributed by atoms with Crippen LogP contribution in [0.15, 0.2) is 40.1 Å². The Hall–Kier alpha value is -1.62. The van der Waals surface area contributed by atoms with Gasteiger partial charge in [0.2, 0.25) is 0 Å². The van der Waals surface area contributed by atoms with Gasteiger partial charge in [-0.1, -0.05) is 36.4 Å². The maximum Gasteiger partial charge on any atom is 0.320 e. The van der Waals surface area contributed by atoms with Crippen molar-refractivity contribution in [2.75, 3.05) is 0 Å². The Bertz CT molecular complexity index is 536. The summed E-state index contributed by atoms with van der Waals surface area (Å²) >= 11 is 0. The molecule has 0 heterocycles. The SMILES string of the molecule is CC(C)N(C(=O)/N=[S-](=O)/C=C/c1ccccc1)C(C)C. The maximum atomic E-state index is 12.0. The molecule has 1 aromatic rings. The fraction of sp³-hybridized carbons (Fsp3) is 0.400. The Kier molecular flexibility index (Phi) is 6.45. The van der Waals surface area contributed by atoms with Gasteiger partial charge in [0.25, 0.3) is 0 Å². The third-order valence-corrected chi connectivity index (χ3v) is 3.38. The van der Waals surface area contributed by atoms with Crippen molar-refractivity contribution in [3.8, 4) is 0 Å². The molecular formula is C15H21N2O2S-. The van der Waals surface area contributed by atoms with E-state index >= 15 is 0 Å². The molecule has 0 saturated carbocycles. The first kappa shape index (κ1) is 16.4. The topological polar surface area (TPSA) is 49.7 Å². The lowest BCUT2D eigenvalue weighted by molar-refractivity contribution is 0.175. The van der Waals surface area contributed by atoms with Crippen LogP contribution >= 0.6 is 0 Å². The van der Waals surface area contributed by atoms with Gasteiger partial charge < -0.3 is 13.5 Å². The molecule has 1 aromatic carbocycles. The van der Waals surface area contributed by atoms with Gasteiger partial charge >= 0.3 is 6.03 Å². The van der Waals surface area contributed by atoms with Crippen LogP contribution in [0.3, 0.4) is 0 Å². The molecule has 0 spiro atoms. The first-order valence-corrected chi connectivity index (χ1v) is 7.76. The summed E-state index contributed by atoms with van der Waals surface area (Å²) in [6.45, 7) is 7.65. The van der Waals surface area contributed by atoms with E-state index in [0.717, 1.165) is 5.56 Å². The molecule has 0 unspecified atom stereocenters. The zero-order valence-electron chi connectivity index (χ0n) is 12.3. The normalized spacial score (nSPS) is 13.3. The van der Waals surface area contributed by atoms with Gasteiger partial charge in [-0.3, -0.25) is 0 Å². The molecule has 0 aliphatic rings. The Morgan fingerprint density at radius 3 is 2.20 bits per heavy atom. The Labute approximate surface area is 122 Å². The zero-order chi connectivity index (χ0) is 15.1. The Morgan fingerprint density at radius 2 is 1.70 bits per heavy atom. The summed E-state index contributed by atoms with van der Waals surface area (Å²) in [6, 6.07) is 9.10. The third-order valence-electron chi connectivity index (χ3n) is 2.68. The summed E-state index contributed by atoms with van der Waals surface area (Å²) in [6.07, 6.45) is 1.70. The van der Waals surface area contributed by atoms with Crippen molar-refractivity contribution in [3.63, 3.8) is 0 Å². The lowest BCUT2D eigenvalue weighted by Gasteiger charge is -2.29. The summed E-state index contributed by atoms with van der Waals surface area (Å²) in [5.74, 6) is 0. The predicted molar refractivity (Wildman–Crippen MR) is 83.5 cm³/mol. The van der Waals surface area contributed by atoms with Crippen LogP contribution in [0.2, 0.25) is 0 Å². The molecule has 2 amide bonds. The first-order valence-electron chi connectivity index (χ1n) is 6.59. The fourth-order valence-corrected chi connectivity index (χ4v) is 2.48. The summed E-state index contributed by atoms with van der Waals surface area (Å²) in [4.78, 5) is 13.6. The quantitative estimate of drug-likeness (QED) is 0.786. The summed E-state index contributed by atoms with van der Waals surface area (Å²) in [5.41, 5.74) is 0.924. The molecule has 0 fully saturated rings. The molecule has 0 aromatic heterocycles. The van der Waals surface area contributed by atoms with Crippen molar-refractivity contribution in [3.05, 3.63) is 41.3 Å². The summed E-state index contributed by atoms with van der Waals surface area (Å²) < 4.78 is 15.5. The van der Waals surface area contributed by atoms with E-state index in [1.54, 1.807) is 11.0 Å². The van der Waals surface area contributed by atoms with Crippen molar-refractivity contribution in [2.45, 2.75) is 39.8 Å². The maximum absolute atomic E-state index is 12.0. The fourth-order valence-electron chi connectivity index (χ4n) is 1.89. The van der Waals surface area contributed by atoms with Gasteiger partial charge in [0, 0.05) is 12.1 Å². The number of rotatable bonds is 4. The number of hydrogen-bond acceptors (Lipinski definition) is 3. The molecule has 0 radical (unpaired) electrons. The Morgan fingerprint density at radius 1 is 1.15 bits per heavy atom. The van der Waals surface area contributed by atoms with Gasteiger partial charge in [-0.05, 0) is 33.3 Å². The van der Waals surface area contributed by atoms with E-state index in [1.807, 2.05) is 58.0 Å². The average molecular weight is 293 g/mol. The highest BCUT2D eigenvalue weighted by atomic mass is 32.2. The number of carbonyl (C=O) groups excluding carboxylic acids is 1. The molecule has 1 rings (SSSR count). The molecule has 0 atom stereocenters. The number of amides is 2. The van der Waals surface area contributed by atoms with Gasteiger partial charge in [0.05, 0.1) is 0 Å². The van der Waals surface area contributed by atoms with E-state index in [1.165, 1.54) is 5.41 Å². The van der Waals surface area contributed by atoms with E-state index in [4.69, 9.17) is 0 Å². The van der Waals surface area contributed by atoms with E-state index in [2.05, 4.69) is 4.36 Å². The van der Waals surface area contributed by atoms with Crippen LogP contribution in [0, 0.1) is 0 Å². The summed E-state index contributed by atoms with van der Waals surface area (Å²) in [7, 11) is -1.65. The molecule has 0 aliphatic heterocycles. The van der Waals surface area contributed by atoms with Crippen molar-refractivity contribution >= 4 is 22.7 Å². The van der Waals surface area contributed by atoms with Crippen LogP contribution in [0.25, 0.3) is 6.08 Å². The van der Waals surface area contributed by atoms with Crippen LogP contribution < -0.4 is 0 Å². The van der Waals surface area contributed by atoms with Crippen molar-refractivity contribution < 1.29 is 9.00 Å². The minimum Gasteiger partial charge on any atom is -0.440 e. The van der Waals surface area contributed by atoms with E-state index in [-0.39, 0.29) is 12.1 Å². The molecule has 0 aliphatic carbocycles. The highest BCUT2D eigenvalue weighted by Crippen LogP contribution is 2.08. The molecule has 5 heteroatoms. The second-order valence-electron chi connectivity index (χ2n) is 4.96. The number of hydrogen-bond donors (Lipinski definition) is 0. The van der Waals surface area contributed by atoms with Crippen molar-refractivity contribution in [2.24, 2.45) is 4.36 Å². The number of benzene rings is 1. The number of carbonyl (C=O) groups is 1. The molecule has 20 heavy (non-hydrogen) atoms. The van der Waals surface area contributed by atoms with Crippen LogP contribution in [-0.4, -0.2) is 23.0 Å². The van der Waals surface area contributed by atoms with Crippen LogP contribution in [0.1, 0.15) is 33.3 Å². The van der Waals surface area contributed by atoms with Gasteiger partial charge in [-0.2, -0.15) is 10.6 Å². The summed E-state index contributed by atoms with van der Waals surface area (Å²) in [5, 5.41) is 1.42. The molecule has 110 valence electrons. The molecular weight excluding hydrogens is 272 g/mol. The highest BCUT2D eigenvalue weighted by molar-refractivity contribution is 7.78. The van der Waals surface area contributed by atoms with E-state index in [0.29, 0.717) is 0 Å². The van der Waals surface area contributed by atoms with Gasteiger partial charge in [-0.25, -0.2) is 4.79 Å². The van der Waals surface area contributed by atoms with Gasteiger partial charge in [-0.15, -0.1) is 5.41 Å². The van der Waals surface area contributed by atoms with Gasteiger partial charge in [0.15, 0.2) is 0 Å². The van der Waals surface area contributed by atoms with Crippen LogP contribution in [-0.2, 0) is 14.8 Å².